The van der Waals surface area contributed by atoms with Gasteiger partial charge in [-0.15, -0.1) is 24.8 Å². The predicted molar refractivity (Wildman–Crippen MR) is 138 cm³/mol. The molecule has 0 radical (unpaired) electrons. The lowest BCUT2D eigenvalue weighted by Gasteiger charge is -2.30. The Kier molecular flexibility index (Phi) is 8.24. The summed E-state index contributed by atoms with van der Waals surface area (Å²) in [7, 11) is 0. The van der Waals surface area contributed by atoms with Gasteiger partial charge in [-0.3, -0.25) is 0 Å². The molecule has 5 rings (SSSR count). The van der Waals surface area contributed by atoms with Gasteiger partial charge in [0.15, 0.2) is 0 Å². The Labute approximate surface area is 214 Å². The van der Waals surface area contributed by atoms with Gasteiger partial charge >= 0.3 is 0 Å². The number of fused-ring (bicyclic) bond motifs is 1. The molecule has 0 amide bonds. The van der Waals surface area contributed by atoms with Crippen molar-refractivity contribution in [3.05, 3.63) is 90.3 Å². The van der Waals surface area contributed by atoms with Crippen molar-refractivity contribution in [1.82, 2.24) is 9.97 Å². The zero-order valence-electron chi connectivity index (χ0n) is 18.4. The molecule has 3 heterocycles. The summed E-state index contributed by atoms with van der Waals surface area (Å²) in [4.78, 5) is 8.29. The van der Waals surface area contributed by atoms with Crippen molar-refractivity contribution in [1.29, 1.82) is 0 Å². The number of hydrogen-bond donors (Lipinski definition) is 3. The summed E-state index contributed by atoms with van der Waals surface area (Å²) in [6, 6.07) is 19.7. The fourth-order valence-electron chi connectivity index (χ4n) is 3.62. The highest BCUT2D eigenvalue weighted by molar-refractivity contribution is 5.85. The maximum absolute atomic E-state index is 10.8. The number of nitrogen functional groups attached to an aromatic ring is 2. The Morgan fingerprint density at radius 2 is 1.43 bits per heavy atom. The molecule has 2 aromatic heterocycles. The van der Waals surface area contributed by atoms with Gasteiger partial charge in [-0.25, -0.2) is 9.97 Å². The van der Waals surface area contributed by atoms with Gasteiger partial charge in [0.1, 0.15) is 23.4 Å². The Bertz CT molecular complexity index is 1270. The second-order valence-electron chi connectivity index (χ2n) is 7.69. The second-order valence-corrected chi connectivity index (χ2v) is 7.69. The molecule has 10 heteroatoms. The summed E-state index contributed by atoms with van der Waals surface area (Å²) in [5.74, 6) is 2.63. The SMILES string of the molecule is Cl.Cl.Nc1ccc(Oc2cccc(C3CC(O)c4cc(Oc5ccc(N)cn5)ccc4O3)c2)nc1. The molecular weight excluding hydrogens is 491 g/mol. The molecular formula is C25H24Cl2N4O4. The summed E-state index contributed by atoms with van der Waals surface area (Å²) in [5.41, 5.74) is 14.0. The summed E-state index contributed by atoms with van der Waals surface area (Å²) in [6.07, 6.45) is 2.40. The van der Waals surface area contributed by atoms with Crippen LogP contribution < -0.4 is 25.7 Å². The first kappa shape index (κ1) is 25.9. The fourth-order valence-corrected chi connectivity index (χ4v) is 3.62. The third-order valence-corrected chi connectivity index (χ3v) is 5.24. The fraction of sp³-hybridized carbons (Fsp3) is 0.120. The van der Waals surface area contributed by atoms with Gasteiger partial charge in [-0.05, 0) is 48.0 Å². The van der Waals surface area contributed by atoms with Crippen molar-refractivity contribution in [3.8, 4) is 29.0 Å². The van der Waals surface area contributed by atoms with Crippen LogP contribution in [-0.2, 0) is 0 Å². The highest BCUT2D eigenvalue weighted by Crippen LogP contribution is 2.43. The summed E-state index contributed by atoms with van der Waals surface area (Å²) in [6.45, 7) is 0. The average Bonchev–Trinajstić information content (AvgIpc) is 2.82. The number of aromatic nitrogens is 2. The monoisotopic (exact) mass is 514 g/mol. The number of benzene rings is 2. The van der Waals surface area contributed by atoms with Gasteiger partial charge < -0.3 is 30.8 Å². The van der Waals surface area contributed by atoms with Crippen molar-refractivity contribution in [2.75, 3.05) is 11.5 Å². The third kappa shape index (κ3) is 6.05. The number of pyridine rings is 2. The zero-order chi connectivity index (χ0) is 22.8. The van der Waals surface area contributed by atoms with E-state index in [1.165, 1.54) is 12.4 Å². The molecule has 0 fully saturated rings. The van der Waals surface area contributed by atoms with Crippen LogP contribution in [0.4, 0.5) is 11.4 Å². The van der Waals surface area contributed by atoms with E-state index in [0.29, 0.717) is 52.4 Å². The molecule has 2 atom stereocenters. The molecule has 0 spiro atoms. The molecule has 2 unspecified atom stereocenters. The van der Waals surface area contributed by atoms with E-state index in [1.807, 2.05) is 24.3 Å². The Balaban J connectivity index is 0.00000171. The molecule has 1 aliphatic rings. The quantitative estimate of drug-likeness (QED) is 0.313. The van der Waals surface area contributed by atoms with E-state index in [1.54, 1.807) is 42.5 Å². The molecule has 5 N–H and O–H groups in total. The molecule has 4 aromatic rings. The standard InChI is InChI=1S/C25H22N4O4.2ClH/c26-16-4-8-24(28-13-16)31-18-3-1-2-15(10-18)23-12-21(30)20-11-19(6-7-22(20)33-23)32-25-9-5-17(27)14-29-25;;/h1-11,13-14,21,23,30H,12,26-27H2;2*1H. The molecule has 182 valence electrons. The Hall–Kier alpha value is -3.72. The molecule has 8 nitrogen and oxygen atoms in total. The van der Waals surface area contributed by atoms with Gasteiger partial charge in [0.25, 0.3) is 0 Å². The normalized spacial score (nSPS) is 16.0. The lowest BCUT2D eigenvalue weighted by atomic mass is 9.95. The van der Waals surface area contributed by atoms with Crippen LogP contribution in [0.25, 0.3) is 0 Å². The van der Waals surface area contributed by atoms with Gasteiger partial charge in [0.2, 0.25) is 11.8 Å². The smallest absolute Gasteiger partial charge is 0.219 e. The number of ether oxygens (including phenoxy) is 3. The number of hydrogen-bond acceptors (Lipinski definition) is 8. The Morgan fingerprint density at radius 3 is 2.03 bits per heavy atom. The van der Waals surface area contributed by atoms with Gasteiger partial charge in [0, 0.05) is 24.1 Å². The minimum atomic E-state index is -0.718. The van der Waals surface area contributed by atoms with Crippen molar-refractivity contribution < 1.29 is 19.3 Å². The predicted octanol–water partition coefficient (Wildman–Crippen LogP) is 5.63. The second kappa shape index (κ2) is 11.1. The molecule has 2 aromatic carbocycles. The first-order valence-electron chi connectivity index (χ1n) is 10.4. The summed E-state index contributed by atoms with van der Waals surface area (Å²) >= 11 is 0. The molecule has 0 saturated heterocycles. The zero-order valence-corrected chi connectivity index (χ0v) is 20.0. The van der Waals surface area contributed by atoms with Crippen molar-refractivity contribution in [2.45, 2.75) is 18.6 Å². The van der Waals surface area contributed by atoms with Crippen molar-refractivity contribution in [3.63, 3.8) is 0 Å². The molecule has 1 aliphatic heterocycles. The summed E-state index contributed by atoms with van der Waals surface area (Å²) in [5, 5.41) is 10.8. The van der Waals surface area contributed by atoms with E-state index in [9.17, 15) is 5.11 Å². The largest absolute Gasteiger partial charge is 0.485 e. The first-order valence-corrected chi connectivity index (χ1v) is 10.4. The van der Waals surface area contributed by atoms with Crippen LogP contribution in [0.2, 0.25) is 0 Å². The van der Waals surface area contributed by atoms with Crippen LogP contribution in [0.5, 0.6) is 29.0 Å². The number of aliphatic hydroxyl groups excluding tert-OH is 1. The minimum Gasteiger partial charge on any atom is -0.485 e. The van der Waals surface area contributed by atoms with Crippen LogP contribution in [-0.4, -0.2) is 15.1 Å². The lowest BCUT2D eigenvalue weighted by molar-refractivity contribution is 0.0654. The van der Waals surface area contributed by atoms with E-state index in [-0.39, 0.29) is 30.9 Å². The first-order chi connectivity index (χ1) is 16.0. The van der Waals surface area contributed by atoms with Crippen LogP contribution in [0.3, 0.4) is 0 Å². The van der Waals surface area contributed by atoms with Crippen LogP contribution >= 0.6 is 24.8 Å². The number of nitrogens with two attached hydrogens (primary N) is 2. The number of aliphatic hydroxyl groups is 1. The van der Waals surface area contributed by atoms with Crippen molar-refractivity contribution in [2.24, 2.45) is 0 Å². The van der Waals surface area contributed by atoms with Crippen LogP contribution in [0.1, 0.15) is 29.8 Å². The summed E-state index contributed by atoms with van der Waals surface area (Å²) < 4.78 is 17.8. The lowest BCUT2D eigenvalue weighted by Crippen LogP contribution is -2.19. The van der Waals surface area contributed by atoms with E-state index in [4.69, 9.17) is 25.7 Å². The van der Waals surface area contributed by atoms with E-state index in [2.05, 4.69) is 9.97 Å². The molecule has 35 heavy (non-hydrogen) atoms. The highest BCUT2D eigenvalue weighted by Gasteiger charge is 2.29. The number of halogens is 2. The van der Waals surface area contributed by atoms with E-state index < -0.39 is 6.10 Å². The van der Waals surface area contributed by atoms with E-state index >= 15 is 0 Å². The third-order valence-electron chi connectivity index (χ3n) is 5.24. The van der Waals surface area contributed by atoms with Gasteiger partial charge in [-0.2, -0.15) is 0 Å². The molecule has 0 aliphatic carbocycles. The number of rotatable bonds is 5. The maximum Gasteiger partial charge on any atom is 0.219 e. The minimum absolute atomic E-state index is 0. The Morgan fingerprint density at radius 1 is 0.800 bits per heavy atom. The highest BCUT2D eigenvalue weighted by atomic mass is 35.5. The van der Waals surface area contributed by atoms with Gasteiger partial charge in [-0.1, -0.05) is 12.1 Å². The molecule has 0 saturated carbocycles. The topological polar surface area (TPSA) is 126 Å². The number of anilines is 2. The van der Waals surface area contributed by atoms with Gasteiger partial charge in [0.05, 0.1) is 29.9 Å². The molecule has 0 bridgehead atoms. The van der Waals surface area contributed by atoms with Crippen LogP contribution in [0, 0.1) is 0 Å². The maximum atomic E-state index is 10.8. The average molecular weight is 515 g/mol. The number of nitrogens with zero attached hydrogens (tertiary/aromatic N) is 2. The van der Waals surface area contributed by atoms with E-state index in [0.717, 1.165) is 5.56 Å². The van der Waals surface area contributed by atoms with Crippen molar-refractivity contribution >= 4 is 36.2 Å². The van der Waals surface area contributed by atoms with Crippen LogP contribution in [0.15, 0.2) is 79.1 Å².